The van der Waals surface area contributed by atoms with Gasteiger partial charge in [-0.2, -0.15) is 0 Å². The van der Waals surface area contributed by atoms with Crippen molar-refractivity contribution in [1.82, 2.24) is 5.32 Å². The summed E-state index contributed by atoms with van der Waals surface area (Å²) in [5, 5.41) is 25.6. The third-order valence-corrected chi connectivity index (χ3v) is 3.95. The van der Waals surface area contributed by atoms with Crippen LogP contribution in [0.15, 0.2) is 36.4 Å². The molecule has 2 atom stereocenters. The minimum absolute atomic E-state index is 0.0161. The molecule has 0 fully saturated rings. The van der Waals surface area contributed by atoms with Crippen LogP contribution >= 0.6 is 0 Å². The Balaban J connectivity index is 2.22. The molecular weight excluding hydrogens is 250 g/mol. The predicted octanol–water partition coefficient (Wildman–Crippen LogP) is 3.36. The molecule has 0 saturated heterocycles. The van der Waals surface area contributed by atoms with Gasteiger partial charge in [-0.15, -0.1) is 0 Å². The van der Waals surface area contributed by atoms with Crippen molar-refractivity contribution < 1.29 is 10.2 Å². The van der Waals surface area contributed by atoms with Crippen molar-refractivity contribution in [2.45, 2.75) is 38.8 Å². The van der Waals surface area contributed by atoms with Crippen molar-refractivity contribution >= 4 is 10.8 Å². The maximum absolute atomic E-state index is 10.4. The number of fused-ring (bicyclic) bond motifs is 1. The summed E-state index contributed by atoms with van der Waals surface area (Å²) in [7, 11) is 0. The molecule has 0 saturated carbocycles. The zero-order valence-corrected chi connectivity index (χ0v) is 12.4. The van der Waals surface area contributed by atoms with E-state index in [4.69, 9.17) is 0 Å². The molecule has 0 aliphatic heterocycles. The van der Waals surface area contributed by atoms with E-state index in [9.17, 15) is 10.2 Å². The largest absolute Gasteiger partial charge is 0.507 e. The predicted molar refractivity (Wildman–Crippen MR) is 82.9 cm³/mol. The lowest BCUT2D eigenvalue weighted by Crippen LogP contribution is -2.38. The Kier molecular flexibility index (Phi) is 4.31. The van der Waals surface area contributed by atoms with Gasteiger partial charge in [-0.25, -0.2) is 0 Å². The first-order valence-electron chi connectivity index (χ1n) is 7.11. The van der Waals surface area contributed by atoms with Crippen LogP contribution in [-0.2, 0) is 0 Å². The summed E-state index contributed by atoms with van der Waals surface area (Å²) in [5.41, 5.74) is 0.136. The van der Waals surface area contributed by atoms with Crippen molar-refractivity contribution in [3.8, 4) is 5.75 Å². The van der Waals surface area contributed by atoms with Gasteiger partial charge in [0.1, 0.15) is 5.75 Å². The normalized spacial score (nSPS) is 16.0. The molecule has 3 heteroatoms. The molecule has 20 heavy (non-hydrogen) atoms. The maximum Gasteiger partial charge on any atom is 0.128 e. The highest BCUT2D eigenvalue weighted by molar-refractivity contribution is 5.89. The first kappa shape index (κ1) is 14.8. The summed E-state index contributed by atoms with van der Waals surface area (Å²) in [5.74, 6) is 0.319. The molecule has 0 aliphatic carbocycles. The number of aliphatic hydroxyl groups is 1. The van der Waals surface area contributed by atoms with Crippen molar-refractivity contribution in [1.29, 1.82) is 0 Å². The third kappa shape index (κ3) is 3.11. The molecule has 0 amide bonds. The average Bonchev–Trinajstić information content (AvgIpc) is 2.45. The second kappa shape index (κ2) is 5.81. The van der Waals surface area contributed by atoms with E-state index in [2.05, 4.69) is 5.32 Å². The Bertz CT molecular complexity index is 593. The number of phenols is 1. The molecule has 3 N–H and O–H groups in total. The topological polar surface area (TPSA) is 52.5 Å². The van der Waals surface area contributed by atoms with Gasteiger partial charge in [-0.05, 0) is 25.7 Å². The molecule has 2 rings (SSSR count). The SMILES string of the molecule is CCC(C)(O)CNC(C)c1ccc2ccccc2c1O. The summed E-state index contributed by atoms with van der Waals surface area (Å²) in [4.78, 5) is 0. The average molecular weight is 273 g/mol. The van der Waals surface area contributed by atoms with E-state index in [1.807, 2.05) is 57.2 Å². The molecule has 2 unspecified atom stereocenters. The van der Waals surface area contributed by atoms with Crippen LogP contribution in [0, 0.1) is 0 Å². The van der Waals surface area contributed by atoms with Crippen molar-refractivity contribution in [3.05, 3.63) is 42.0 Å². The zero-order valence-electron chi connectivity index (χ0n) is 12.4. The summed E-state index contributed by atoms with van der Waals surface area (Å²) in [6.07, 6.45) is 0.691. The lowest BCUT2D eigenvalue weighted by atomic mass is 9.99. The van der Waals surface area contributed by atoms with E-state index in [0.29, 0.717) is 18.7 Å². The zero-order chi connectivity index (χ0) is 14.8. The standard InChI is InChI=1S/C17H23NO2/c1-4-17(3,20)11-18-12(2)14-10-9-13-7-5-6-8-15(13)16(14)19/h5-10,12,18-20H,4,11H2,1-3H3. The first-order valence-corrected chi connectivity index (χ1v) is 7.11. The fourth-order valence-corrected chi connectivity index (χ4v) is 2.23. The lowest BCUT2D eigenvalue weighted by molar-refractivity contribution is 0.0533. The molecule has 2 aromatic carbocycles. The summed E-state index contributed by atoms with van der Waals surface area (Å²) >= 11 is 0. The van der Waals surface area contributed by atoms with Gasteiger partial charge < -0.3 is 15.5 Å². The second-order valence-electron chi connectivity index (χ2n) is 5.68. The van der Waals surface area contributed by atoms with Gasteiger partial charge in [0, 0.05) is 23.5 Å². The van der Waals surface area contributed by atoms with Gasteiger partial charge in [-0.3, -0.25) is 0 Å². The van der Waals surface area contributed by atoms with E-state index in [0.717, 1.165) is 16.3 Å². The van der Waals surface area contributed by atoms with Crippen molar-refractivity contribution in [3.63, 3.8) is 0 Å². The Morgan fingerprint density at radius 2 is 1.90 bits per heavy atom. The molecule has 0 heterocycles. The van der Waals surface area contributed by atoms with Gasteiger partial charge in [0.15, 0.2) is 0 Å². The Morgan fingerprint density at radius 1 is 1.20 bits per heavy atom. The minimum atomic E-state index is -0.722. The fraction of sp³-hybridized carbons (Fsp3) is 0.412. The van der Waals surface area contributed by atoms with Gasteiger partial charge in [0.2, 0.25) is 0 Å². The number of hydrogen-bond donors (Lipinski definition) is 3. The maximum atomic E-state index is 10.4. The van der Waals surface area contributed by atoms with E-state index >= 15 is 0 Å². The molecule has 108 valence electrons. The first-order chi connectivity index (χ1) is 9.44. The van der Waals surface area contributed by atoms with Crippen LogP contribution in [0.1, 0.15) is 38.8 Å². The van der Waals surface area contributed by atoms with Gasteiger partial charge >= 0.3 is 0 Å². The van der Waals surface area contributed by atoms with Crippen LogP contribution < -0.4 is 5.32 Å². The second-order valence-corrected chi connectivity index (χ2v) is 5.68. The van der Waals surface area contributed by atoms with Crippen LogP contribution in [-0.4, -0.2) is 22.4 Å². The Hall–Kier alpha value is -1.58. The van der Waals surface area contributed by atoms with Crippen LogP contribution in [0.4, 0.5) is 0 Å². The smallest absolute Gasteiger partial charge is 0.128 e. The van der Waals surface area contributed by atoms with Crippen molar-refractivity contribution in [2.24, 2.45) is 0 Å². The van der Waals surface area contributed by atoms with Gasteiger partial charge in [-0.1, -0.05) is 43.3 Å². The number of phenolic OH excluding ortho intramolecular Hbond substituents is 1. The number of hydrogen-bond acceptors (Lipinski definition) is 3. The summed E-state index contributed by atoms with van der Waals surface area (Å²) in [6, 6.07) is 11.7. The molecule has 0 aliphatic rings. The molecule has 2 aromatic rings. The monoisotopic (exact) mass is 273 g/mol. The van der Waals surface area contributed by atoms with E-state index in [-0.39, 0.29) is 6.04 Å². The number of rotatable bonds is 5. The van der Waals surface area contributed by atoms with E-state index in [1.54, 1.807) is 0 Å². The fourth-order valence-electron chi connectivity index (χ4n) is 2.23. The molecule has 0 bridgehead atoms. The number of aromatic hydroxyl groups is 1. The highest BCUT2D eigenvalue weighted by atomic mass is 16.3. The van der Waals surface area contributed by atoms with Crippen LogP contribution in [0.2, 0.25) is 0 Å². The molecular formula is C17H23NO2. The van der Waals surface area contributed by atoms with E-state index < -0.39 is 5.60 Å². The number of benzene rings is 2. The summed E-state index contributed by atoms with van der Waals surface area (Å²) in [6.45, 7) is 6.26. The van der Waals surface area contributed by atoms with Crippen LogP contribution in [0.3, 0.4) is 0 Å². The highest BCUT2D eigenvalue weighted by Crippen LogP contribution is 2.32. The van der Waals surface area contributed by atoms with Gasteiger partial charge in [0.05, 0.1) is 5.60 Å². The molecule has 3 nitrogen and oxygen atoms in total. The van der Waals surface area contributed by atoms with Crippen molar-refractivity contribution in [2.75, 3.05) is 6.54 Å². The Labute approximate surface area is 120 Å². The molecule has 0 aromatic heterocycles. The van der Waals surface area contributed by atoms with E-state index in [1.165, 1.54) is 0 Å². The minimum Gasteiger partial charge on any atom is -0.507 e. The molecule has 0 radical (unpaired) electrons. The summed E-state index contributed by atoms with van der Waals surface area (Å²) < 4.78 is 0. The Morgan fingerprint density at radius 3 is 2.60 bits per heavy atom. The molecule has 0 spiro atoms. The number of nitrogens with one attached hydrogen (secondary N) is 1. The van der Waals surface area contributed by atoms with Crippen LogP contribution in [0.5, 0.6) is 5.75 Å². The highest BCUT2D eigenvalue weighted by Gasteiger charge is 2.20. The van der Waals surface area contributed by atoms with Crippen LogP contribution in [0.25, 0.3) is 10.8 Å². The van der Waals surface area contributed by atoms with Gasteiger partial charge in [0.25, 0.3) is 0 Å². The third-order valence-electron chi connectivity index (χ3n) is 3.95. The lowest BCUT2D eigenvalue weighted by Gasteiger charge is -2.25. The quantitative estimate of drug-likeness (QED) is 0.783.